The topological polar surface area (TPSA) is 70.6 Å². The van der Waals surface area contributed by atoms with Crippen LogP contribution in [0.2, 0.25) is 0 Å². The smallest absolute Gasteiger partial charge is 0.315 e. The van der Waals surface area contributed by atoms with E-state index in [0.29, 0.717) is 13.2 Å². The molecule has 0 spiro atoms. The van der Waals surface area contributed by atoms with Crippen LogP contribution in [0.25, 0.3) is 0 Å². The number of rotatable bonds is 6. The third-order valence-electron chi connectivity index (χ3n) is 3.31. The molecule has 0 aromatic carbocycles. The van der Waals surface area contributed by atoms with E-state index in [-0.39, 0.29) is 12.1 Å². The summed E-state index contributed by atoms with van der Waals surface area (Å²) in [6.07, 6.45) is 4.47. The van der Waals surface area contributed by atoms with E-state index in [4.69, 9.17) is 4.74 Å². The summed E-state index contributed by atoms with van der Waals surface area (Å²) in [5.41, 5.74) is -0.694. The van der Waals surface area contributed by atoms with Gasteiger partial charge in [-0.25, -0.2) is 4.79 Å². The van der Waals surface area contributed by atoms with Crippen LogP contribution in [0.4, 0.5) is 4.79 Å². The number of nitrogens with one attached hydrogen (secondary N) is 2. The lowest BCUT2D eigenvalue weighted by atomic mass is 10.0. The Bertz CT molecular complexity index is 240. The van der Waals surface area contributed by atoms with Crippen LogP contribution in [-0.2, 0) is 4.74 Å². The third kappa shape index (κ3) is 4.91. The Kier molecular flexibility index (Phi) is 5.71. The summed E-state index contributed by atoms with van der Waals surface area (Å²) in [4.78, 5) is 11.6. The number of carbonyl (C=O) groups is 1. The molecule has 1 rings (SSSR count). The van der Waals surface area contributed by atoms with E-state index in [9.17, 15) is 9.90 Å². The van der Waals surface area contributed by atoms with Crippen LogP contribution in [-0.4, -0.2) is 43.0 Å². The Morgan fingerprint density at radius 1 is 1.47 bits per heavy atom. The third-order valence-corrected chi connectivity index (χ3v) is 3.31. The lowest BCUT2D eigenvalue weighted by Crippen LogP contribution is -2.48. The van der Waals surface area contributed by atoms with Crippen LogP contribution >= 0.6 is 0 Å². The van der Waals surface area contributed by atoms with Crippen LogP contribution < -0.4 is 10.6 Å². The predicted molar refractivity (Wildman–Crippen MR) is 65.9 cm³/mol. The fourth-order valence-electron chi connectivity index (χ4n) is 2.15. The Hall–Kier alpha value is -0.810. The lowest BCUT2D eigenvalue weighted by molar-refractivity contribution is 0.0498. The summed E-state index contributed by atoms with van der Waals surface area (Å²) in [5.74, 6) is 0. The molecule has 0 aromatic rings. The number of hydrogen-bond acceptors (Lipinski definition) is 3. The SMILES string of the molecule is CCC(COC)NC(=O)NCC1(O)CCCC1. The summed E-state index contributed by atoms with van der Waals surface area (Å²) >= 11 is 0. The molecule has 5 heteroatoms. The number of hydrogen-bond donors (Lipinski definition) is 3. The standard InChI is InChI=1S/C12H24N2O3/c1-3-10(8-17-2)14-11(15)13-9-12(16)6-4-5-7-12/h10,16H,3-9H2,1-2H3,(H2,13,14,15). The zero-order valence-electron chi connectivity index (χ0n) is 10.8. The van der Waals surface area contributed by atoms with Gasteiger partial charge >= 0.3 is 6.03 Å². The van der Waals surface area contributed by atoms with E-state index in [2.05, 4.69) is 10.6 Å². The second-order valence-electron chi connectivity index (χ2n) is 4.82. The minimum Gasteiger partial charge on any atom is -0.388 e. The number of amides is 2. The van der Waals surface area contributed by atoms with Crippen LogP contribution in [0.1, 0.15) is 39.0 Å². The molecule has 0 aromatic heterocycles. The van der Waals surface area contributed by atoms with Gasteiger partial charge in [0.1, 0.15) is 0 Å². The molecule has 1 atom stereocenters. The first-order valence-electron chi connectivity index (χ1n) is 6.35. The fourth-order valence-corrected chi connectivity index (χ4v) is 2.15. The van der Waals surface area contributed by atoms with Crippen molar-refractivity contribution in [3.63, 3.8) is 0 Å². The van der Waals surface area contributed by atoms with Crippen LogP contribution in [0.5, 0.6) is 0 Å². The predicted octanol–water partition coefficient (Wildman–Crippen LogP) is 1.02. The molecule has 0 heterocycles. The van der Waals surface area contributed by atoms with Gasteiger partial charge < -0.3 is 20.5 Å². The molecule has 1 fully saturated rings. The van der Waals surface area contributed by atoms with Gasteiger partial charge in [-0.15, -0.1) is 0 Å². The van der Waals surface area contributed by atoms with Crippen LogP contribution in [0, 0.1) is 0 Å². The molecule has 3 N–H and O–H groups in total. The molecule has 1 aliphatic carbocycles. The van der Waals surface area contributed by atoms with Gasteiger partial charge in [0.25, 0.3) is 0 Å². The Morgan fingerprint density at radius 2 is 2.12 bits per heavy atom. The molecular weight excluding hydrogens is 220 g/mol. The molecule has 0 saturated heterocycles. The molecule has 17 heavy (non-hydrogen) atoms. The zero-order valence-corrected chi connectivity index (χ0v) is 10.8. The number of methoxy groups -OCH3 is 1. The second-order valence-corrected chi connectivity index (χ2v) is 4.82. The number of aliphatic hydroxyl groups is 1. The average molecular weight is 244 g/mol. The van der Waals surface area contributed by atoms with Crippen molar-refractivity contribution in [2.75, 3.05) is 20.3 Å². The van der Waals surface area contributed by atoms with Crippen molar-refractivity contribution in [2.45, 2.75) is 50.7 Å². The largest absolute Gasteiger partial charge is 0.388 e. The highest BCUT2D eigenvalue weighted by molar-refractivity contribution is 5.74. The second kappa shape index (κ2) is 6.81. The average Bonchev–Trinajstić information content (AvgIpc) is 2.74. The van der Waals surface area contributed by atoms with E-state index in [1.807, 2.05) is 6.92 Å². The molecule has 1 unspecified atom stereocenters. The highest BCUT2D eigenvalue weighted by Crippen LogP contribution is 2.28. The van der Waals surface area contributed by atoms with Gasteiger partial charge in [0, 0.05) is 13.7 Å². The molecule has 5 nitrogen and oxygen atoms in total. The van der Waals surface area contributed by atoms with Gasteiger partial charge in [-0.1, -0.05) is 19.8 Å². The maximum Gasteiger partial charge on any atom is 0.315 e. The first kappa shape index (κ1) is 14.3. The quantitative estimate of drug-likeness (QED) is 0.653. The van der Waals surface area contributed by atoms with E-state index < -0.39 is 5.60 Å². The Labute approximate surface area is 103 Å². The van der Waals surface area contributed by atoms with Crippen molar-refractivity contribution >= 4 is 6.03 Å². The van der Waals surface area contributed by atoms with Crippen molar-refractivity contribution in [2.24, 2.45) is 0 Å². The maximum absolute atomic E-state index is 11.6. The van der Waals surface area contributed by atoms with Crippen LogP contribution in [0.15, 0.2) is 0 Å². The zero-order chi connectivity index (χ0) is 12.7. The van der Waals surface area contributed by atoms with E-state index >= 15 is 0 Å². The van der Waals surface area contributed by atoms with Crippen molar-refractivity contribution < 1.29 is 14.6 Å². The molecule has 100 valence electrons. The molecule has 0 bridgehead atoms. The fraction of sp³-hybridized carbons (Fsp3) is 0.917. The number of urea groups is 1. The summed E-state index contributed by atoms with van der Waals surface area (Å²) < 4.78 is 5.00. The van der Waals surface area contributed by atoms with Gasteiger partial charge in [0.15, 0.2) is 0 Å². The molecule has 0 radical (unpaired) electrons. The Morgan fingerprint density at radius 3 is 2.65 bits per heavy atom. The van der Waals surface area contributed by atoms with Crippen molar-refractivity contribution in [3.8, 4) is 0 Å². The summed E-state index contributed by atoms with van der Waals surface area (Å²) in [7, 11) is 1.61. The molecular formula is C12H24N2O3. The van der Waals surface area contributed by atoms with Crippen LogP contribution in [0.3, 0.4) is 0 Å². The van der Waals surface area contributed by atoms with Gasteiger partial charge in [-0.3, -0.25) is 0 Å². The normalized spacial score (nSPS) is 19.9. The highest BCUT2D eigenvalue weighted by atomic mass is 16.5. The lowest BCUT2D eigenvalue weighted by Gasteiger charge is -2.23. The van der Waals surface area contributed by atoms with Gasteiger partial charge in [0.05, 0.1) is 18.2 Å². The molecule has 0 aliphatic heterocycles. The molecule has 2 amide bonds. The maximum atomic E-state index is 11.6. The van der Waals surface area contributed by atoms with Gasteiger partial charge in [-0.05, 0) is 19.3 Å². The first-order valence-corrected chi connectivity index (χ1v) is 6.35. The number of ether oxygens (including phenoxy) is 1. The van der Waals surface area contributed by atoms with E-state index in [1.165, 1.54) is 0 Å². The van der Waals surface area contributed by atoms with Crippen molar-refractivity contribution in [3.05, 3.63) is 0 Å². The summed E-state index contributed by atoms with van der Waals surface area (Å²) in [5, 5.41) is 15.6. The first-order chi connectivity index (χ1) is 8.09. The monoisotopic (exact) mass is 244 g/mol. The van der Waals surface area contributed by atoms with Gasteiger partial charge in [-0.2, -0.15) is 0 Å². The van der Waals surface area contributed by atoms with Crippen molar-refractivity contribution in [1.29, 1.82) is 0 Å². The van der Waals surface area contributed by atoms with E-state index in [1.54, 1.807) is 7.11 Å². The van der Waals surface area contributed by atoms with E-state index in [0.717, 1.165) is 32.1 Å². The molecule has 1 saturated carbocycles. The Balaban J connectivity index is 2.24. The summed E-state index contributed by atoms with van der Waals surface area (Å²) in [6, 6.07) is -0.201. The number of carbonyl (C=O) groups excluding carboxylic acids is 1. The summed E-state index contributed by atoms with van der Waals surface area (Å²) in [6.45, 7) is 2.84. The van der Waals surface area contributed by atoms with Gasteiger partial charge in [0.2, 0.25) is 0 Å². The minimum atomic E-state index is -0.694. The minimum absolute atomic E-state index is 0.0261. The highest BCUT2D eigenvalue weighted by Gasteiger charge is 2.31. The molecule has 1 aliphatic rings. The van der Waals surface area contributed by atoms with Crippen molar-refractivity contribution in [1.82, 2.24) is 10.6 Å².